The van der Waals surface area contributed by atoms with Crippen LogP contribution in [-0.2, 0) is 11.0 Å². The van der Waals surface area contributed by atoms with E-state index in [1.54, 1.807) is 0 Å². The van der Waals surface area contributed by atoms with Crippen molar-refractivity contribution in [1.29, 1.82) is 0 Å². The number of aliphatic carboxylic acids is 1. The van der Waals surface area contributed by atoms with Crippen LogP contribution in [0.4, 0.5) is 13.2 Å². The fourth-order valence-electron chi connectivity index (χ4n) is 1.03. The van der Waals surface area contributed by atoms with Crippen LogP contribution in [0.3, 0.4) is 0 Å². The van der Waals surface area contributed by atoms with Crippen LogP contribution in [0.15, 0.2) is 24.3 Å². The summed E-state index contributed by atoms with van der Waals surface area (Å²) >= 11 is 0. The van der Waals surface area contributed by atoms with Crippen molar-refractivity contribution in [3.63, 3.8) is 0 Å². The van der Waals surface area contributed by atoms with E-state index in [4.69, 9.17) is 9.84 Å². The summed E-state index contributed by atoms with van der Waals surface area (Å²) in [5.41, 5.74) is -0.767. The number of benzene rings is 1. The normalized spacial score (nSPS) is 13.2. The first-order valence-electron chi connectivity index (χ1n) is 4.83. The van der Waals surface area contributed by atoms with Gasteiger partial charge in [-0.3, -0.25) is 4.79 Å². The minimum Gasteiger partial charge on any atom is -0.493 e. The van der Waals surface area contributed by atoms with Crippen LogP contribution in [0.5, 0.6) is 5.75 Å². The summed E-state index contributed by atoms with van der Waals surface area (Å²) in [4.78, 5) is 10.5. The summed E-state index contributed by atoms with van der Waals surface area (Å²) in [6.45, 7) is 1.37. The molecule has 0 bridgehead atoms. The van der Waals surface area contributed by atoms with Gasteiger partial charge in [0.05, 0.1) is 11.5 Å². The Morgan fingerprint density at radius 1 is 1.35 bits per heavy atom. The molecule has 0 saturated heterocycles. The SMILES string of the molecule is CC(COc1ccc(C(F)(F)F)cc1)C(=O)O. The van der Waals surface area contributed by atoms with Crippen LogP contribution >= 0.6 is 0 Å². The van der Waals surface area contributed by atoms with E-state index in [9.17, 15) is 18.0 Å². The quantitative estimate of drug-likeness (QED) is 0.891. The maximum Gasteiger partial charge on any atom is 0.416 e. The summed E-state index contributed by atoms with van der Waals surface area (Å²) in [7, 11) is 0. The number of carboxylic acid groups (broad SMARTS) is 1. The van der Waals surface area contributed by atoms with Crippen molar-refractivity contribution in [2.75, 3.05) is 6.61 Å². The van der Waals surface area contributed by atoms with Gasteiger partial charge >= 0.3 is 12.1 Å². The molecule has 1 rings (SSSR count). The Balaban J connectivity index is 2.60. The molecule has 0 saturated carbocycles. The van der Waals surface area contributed by atoms with Gasteiger partial charge in [0.15, 0.2) is 0 Å². The zero-order valence-electron chi connectivity index (χ0n) is 8.99. The highest BCUT2D eigenvalue weighted by molar-refractivity contribution is 5.69. The van der Waals surface area contributed by atoms with E-state index in [0.29, 0.717) is 0 Å². The van der Waals surface area contributed by atoms with E-state index in [1.165, 1.54) is 6.92 Å². The molecule has 0 aromatic heterocycles. The Morgan fingerprint density at radius 2 is 1.88 bits per heavy atom. The van der Waals surface area contributed by atoms with Crippen molar-refractivity contribution in [2.24, 2.45) is 5.92 Å². The first-order valence-corrected chi connectivity index (χ1v) is 4.83. The van der Waals surface area contributed by atoms with Crippen LogP contribution in [0.25, 0.3) is 0 Å². The Bertz CT molecular complexity index is 384. The van der Waals surface area contributed by atoms with E-state index in [2.05, 4.69) is 0 Å². The minimum absolute atomic E-state index is 0.0826. The maximum atomic E-state index is 12.2. The van der Waals surface area contributed by atoms with Gasteiger partial charge in [-0.25, -0.2) is 0 Å². The molecule has 0 radical (unpaired) electrons. The standard InChI is InChI=1S/C11H11F3O3/c1-7(10(15)16)6-17-9-4-2-8(3-5-9)11(12,13)14/h2-5,7H,6H2,1H3,(H,15,16). The van der Waals surface area contributed by atoms with Gasteiger partial charge in [0.25, 0.3) is 0 Å². The predicted octanol–water partition coefficient (Wildman–Crippen LogP) is 2.80. The molecule has 0 aliphatic heterocycles. The fourth-order valence-corrected chi connectivity index (χ4v) is 1.03. The molecule has 94 valence electrons. The summed E-state index contributed by atoms with van der Waals surface area (Å²) in [6.07, 6.45) is -4.38. The van der Waals surface area contributed by atoms with Crippen molar-refractivity contribution < 1.29 is 27.8 Å². The second-order valence-corrected chi connectivity index (χ2v) is 3.57. The number of halogens is 3. The largest absolute Gasteiger partial charge is 0.493 e. The highest BCUT2D eigenvalue weighted by atomic mass is 19.4. The average molecular weight is 248 g/mol. The monoisotopic (exact) mass is 248 g/mol. The van der Waals surface area contributed by atoms with Gasteiger partial charge in [-0.1, -0.05) is 0 Å². The van der Waals surface area contributed by atoms with E-state index in [1.807, 2.05) is 0 Å². The van der Waals surface area contributed by atoms with E-state index in [-0.39, 0.29) is 12.4 Å². The Kier molecular flexibility index (Phi) is 3.98. The molecule has 3 nitrogen and oxygen atoms in total. The number of ether oxygens (including phenoxy) is 1. The highest BCUT2D eigenvalue weighted by Crippen LogP contribution is 2.30. The lowest BCUT2D eigenvalue weighted by atomic mass is 10.2. The van der Waals surface area contributed by atoms with Crippen molar-refractivity contribution in [3.05, 3.63) is 29.8 Å². The second kappa shape index (κ2) is 5.07. The first-order chi connectivity index (χ1) is 7.80. The summed E-state index contributed by atoms with van der Waals surface area (Å²) in [5.74, 6) is -1.51. The van der Waals surface area contributed by atoms with Gasteiger partial charge in [0.1, 0.15) is 12.4 Å². The number of alkyl halides is 3. The molecule has 0 amide bonds. The van der Waals surface area contributed by atoms with E-state index >= 15 is 0 Å². The van der Waals surface area contributed by atoms with Crippen molar-refractivity contribution in [3.8, 4) is 5.75 Å². The number of hydrogen-bond acceptors (Lipinski definition) is 2. The van der Waals surface area contributed by atoms with Gasteiger partial charge in [-0.15, -0.1) is 0 Å². The molecule has 1 aromatic rings. The van der Waals surface area contributed by atoms with E-state index in [0.717, 1.165) is 24.3 Å². The van der Waals surface area contributed by atoms with Crippen LogP contribution in [0.2, 0.25) is 0 Å². The molecule has 1 atom stereocenters. The maximum absolute atomic E-state index is 12.2. The lowest BCUT2D eigenvalue weighted by Gasteiger charge is -2.10. The topological polar surface area (TPSA) is 46.5 Å². The third-order valence-electron chi connectivity index (χ3n) is 2.10. The molecule has 0 fully saturated rings. The van der Waals surface area contributed by atoms with Crippen molar-refractivity contribution in [2.45, 2.75) is 13.1 Å². The minimum atomic E-state index is -4.38. The lowest BCUT2D eigenvalue weighted by molar-refractivity contribution is -0.142. The number of hydrogen-bond donors (Lipinski definition) is 1. The Labute approximate surface area is 95.8 Å². The molecule has 0 aliphatic carbocycles. The summed E-state index contributed by atoms with van der Waals surface area (Å²) < 4.78 is 41.7. The summed E-state index contributed by atoms with van der Waals surface area (Å²) in [6, 6.07) is 4.11. The highest BCUT2D eigenvalue weighted by Gasteiger charge is 2.30. The molecule has 1 aromatic carbocycles. The molecule has 17 heavy (non-hydrogen) atoms. The Morgan fingerprint density at radius 3 is 2.29 bits per heavy atom. The first kappa shape index (κ1) is 13.3. The van der Waals surface area contributed by atoms with Crippen LogP contribution < -0.4 is 4.74 Å². The van der Waals surface area contributed by atoms with Crippen LogP contribution in [0, 0.1) is 5.92 Å². The van der Waals surface area contributed by atoms with Gasteiger partial charge in [-0.2, -0.15) is 13.2 Å². The predicted molar refractivity (Wildman–Crippen MR) is 53.7 cm³/mol. The number of rotatable bonds is 4. The smallest absolute Gasteiger partial charge is 0.416 e. The third-order valence-corrected chi connectivity index (χ3v) is 2.10. The Hall–Kier alpha value is -1.72. The van der Waals surface area contributed by atoms with Gasteiger partial charge in [-0.05, 0) is 31.2 Å². The molecule has 1 unspecified atom stereocenters. The molecular formula is C11H11F3O3. The number of carboxylic acids is 1. The third kappa shape index (κ3) is 3.97. The van der Waals surface area contributed by atoms with E-state index < -0.39 is 23.6 Å². The van der Waals surface area contributed by atoms with Crippen LogP contribution in [-0.4, -0.2) is 17.7 Å². The van der Waals surface area contributed by atoms with Crippen LogP contribution in [0.1, 0.15) is 12.5 Å². The number of carbonyl (C=O) groups is 1. The molecule has 6 heteroatoms. The lowest BCUT2D eigenvalue weighted by Crippen LogP contribution is -2.17. The molecular weight excluding hydrogens is 237 g/mol. The molecule has 0 aliphatic rings. The second-order valence-electron chi connectivity index (χ2n) is 3.57. The molecule has 1 N–H and O–H groups in total. The zero-order chi connectivity index (χ0) is 13.1. The van der Waals surface area contributed by atoms with Crippen molar-refractivity contribution in [1.82, 2.24) is 0 Å². The molecule has 0 heterocycles. The molecule has 0 spiro atoms. The summed E-state index contributed by atoms with van der Waals surface area (Å²) in [5, 5.41) is 8.58. The fraction of sp³-hybridized carbons (Fsp3) is 0.364. The van der Waals surface area contributed by atoms with Gasteiger partial charge < -0.3 is 9.84 Å². The van der Waals surface area contributed by atoms with Crippen molar-refractivity contribution >= 4 is 5.97 Å². The van der Waals surface area contributed by atoms with Gasteiger partial charge in [0, 0.05) is 0 Å². The average Bonchev–Trinajstić information content (AvgIpc) is 2.25. The van der Waals surface area contributed by atoms with Gasteiger partial charge in [0.2, 0.25) is 0 Å². The zero-order valence-corrected chi connectivity index (χ0v) is 8.99.